The number of hydrogen-bond acceptors (Lipinski definition) is 4. The molecule has 0 amide bonds. The number of aliphatic imine (C=N–C) groups is 2. The summed E-state index contributed by atoms with van der Waals surface area (Å²) in [6, 6.07) is 1.11. The van der Waals surface area contributed by atoms with Crippen molar-refractivity contribution in [1.29, 1.82) is 5.53 Å². The van der Waals surface area contributed by atoms with E-state index in [1.807, 2.05) is 0 Å². The predicted octanol–water partition coefficient (Wildman–Crippen LogP) is 3.37. The normalized spacial score (nSPS) is 11.9. The van der Waals surface area contributed by atoms with Crippen molar-refractivity contribution >= 4 is 50.4 Å². The van der Waals surface area contributed by atoms with E-state index < -0.39 is 5.82 Å². The highest BCUT2D eigenvalue weighted by Gasteiger charge is 2.18. The van der Waals surface area contributed by atoms with Crippen LogP contribution in [0.25, 0.3) is 0 Å². The van der Waals surface area contributed by atoms with Crippen LogP contribution < -0.4 is 5.32 Å². The van der Waals surface area contributed by atoms with Crippen molar-refractivity contribution in [1.82, 2.24) is 5.32 Å². The lowest BCUT2D eigenvalue weighted by Gasteiger charge is -2.10. The molecule has 10 heteroatoms. The monoisotopic (exact) mass is 374 g/mol. The van der Waals surface area contributed by atoms with Gasteiger partial charge in [-0.15, -0.1) is 0 Å². The fourth-order valence-corrected chi connectivity index (χ4v) is 2.39. The largest absolute Gasteiger partial charge is 0.356 e. The van der Waals surface area contributed by atoms with Crippen LogP contribution in [0.1, 0.15) is 11.1 Å². The number of hydrogen-bond donors (Lipinski definition) is 2. The summed E-state index contributed by atoms with van der Waals surface area (Å²) < 4.78 is 14.4. The van der Waals surface area contributed by atoms with Crippen molar-refractivity contribution in [3.63, 3.8) is 0 Å². The number of rotatable bonds is 3. The molecule has 0 aromatic heterocycles. The van der Waals surface area contributed by atoms with Gasteiger partial charge in [0.15, 0.2) is 0 Å². The Kier molecular flexibility index (Phi) is 6.29. The van der Waals surface area contributed by atoms with Crippen LogP contribution in [0.15, 0.2) is 30.8 Å². The van der Waals surface area contributed by atoms with E-state index in [0.717, 1.165) is 6.07 Å². The minimum atomic E-state index is -0.656. The molecule has 1 aromatic carbocycles. The molecule has 0 radical (unpaired) electrons. The molecule has 21 heavy (non-hydrogen) atoms. The highest BCUT2D eigenvalue weighted by molar-refractivity contribution is 9.10. The fourth-order valence-electron chi connectivity index (χ4n) is 1.49. The van der Waals surface area contributed by atoms with Crippen molar-refractivity contribution in [3.8, 4) is 0 Å². The van der Waals surface area contributed by atoms with Crippen LogP contribution in [-0.4, -0.2) is 24.3 Å². The molecule has 0 aliphatic rings. The van der Waals surface area contributed by atoms with Crippen molar-refractivity contribution in [2.75, 3.05) is 7.05 Å². The van der Waals surface area contributed by atoms with Gasteiger partial charge < -0.3 is 5.32 Å². The maximum Gasteiger partial charge on any atom is 0.245 e. The van der Waals surface area contributed by atoms with Gasteiger partial charge in [-0.1, -0.05) is 16.7 Å². The van der Waals surface area contributed by atoms with Gasteiger partial charge in [0, 0.05) is 11.5 Å². The Morgan fingerprint density at radius 3 is 2.76 bits per heavy atom. The van der Waals surface area contributed by atoms with Gasteiger partial charge in [-0.25, -0.2) is 9.18 Å². The molecule has 0 atom stereocenters. The van der Waals surface area contributed by atoms with Crippen LogP contribution >= 0.6 is 27.5 Å². The SMILES string of the molecule is CNC(/N=C(\Cl)c1c(F)cc(Br)c(N=C=O)c1C)=N\N=N. The highest BCUT2D eigenvalue weighted by Crippen LogP contribution is 2.34. The van der Waals surface area contributed by atoms with Gasteiger partial charge in [0.25, 0.3) is 0 Å². The zero-order chi connectivity index (χ0) is 16.0. The summed E-state index contributed by atoms with van der Waals surface area (Å²) in [5.41, 5.74) is 7.09. The average molecular weight is 376 g/mol. The summed E-state index contributed by atoms with van der Waals surface area (Å²) in [5.74, 6) is -0.728. The molecular formula is C11H9BrClFN6O. The molecular weight excluding hydrogens is 367 g/mol. The molecule has 0 fully saturated rings. The molecule has 0 saturated carbocycles. The fraction of sp³-hybridized carbons (Fsp3) is 0.182. The summed E-state index contributed by atoms with van der Waals surface area (Å²) in [6.45, 7) is 1.53. The van der Waals surface area contributed by atoms with E-state index >= 15 is 0 Å². The van der Waals surface area contributed by atoms with Gasteiger partial charge in [-0.3, -0.25) is 0 Å². The minimum Gasteiger partial charge on any atom is -0.356 e. The average Bonchev–Trinajstić information content (AvgIpc) is 2.42. The molecule has 7 nitrogen and oxygen atoms in total. The number of halogens is 3. The van der Waals surface area contributed by atoms with Crippen molar-refractivity contribution in [2.45, 2.75) is 6.92 Å². The quantitative estimate of drug-likeness (QED) is 0.278. The first-order valence-electron chi connectivity index (χ1n) is 5.39. The topological polar surface area (TPSA) is 102 Å². The Morgan fingerprint density at radius 2 is 2.24 bits per heavy atom. The van der Waals surface area contributed by atoms with Gasteiger partial charge in [-0.05, 0) is 39.7 Å². The first-order valence-corrected chi connectivity index (χ1v) is 6.56. The first kappa shape index (κ1) is 17.1. The zero-order valence-corrected chi connectivity index (χ0v) is 13.3. The maximum atomic E-state index is 14.1. The molecule has 1 aromatic rings. The molecule has 2 N–H and O–H groups in total. The lowest BCUT2D eigenvalue weighted by molar-refractivity contribution is 0.565. The molecule has 0 saturated heterocycles. The molecule has 110 valence electrons. The van der Waals surface area contributed by atoms with E-state index in [9.17, 15) is 9.18 Å². The van der Waals surface area contributed by atoms with E-state index in [1.165, 1.54) is 20.1 Å². The minimum absolute atomic E-state index is 0.0400. The molecule has 0 bridgehead atoms. The molecule has 0 spiro atoms. The number of benzene rings is 1. The Balaban J connectivity index is 3.53. The standard InChI is InChI=1S/C11H9BrClFN6O/c1-5-8(10(13)18-11(16-2)19-20-15)7(14)3-6(12)9(5)17-4-21/h3H,1-2H3,(H2,15,16,19)/b18-10-. The zero-order valence-electron chi connectivity index (χ0n) is 10.9. The number of isocyanates is 1. The van der Waals surface area contributed by atoms with E-state index in [-0.39, 0.29) is 26.9 Å². The molecule has 1 rings (SSSR count). The van der Waals surface area contributed by atoms with Crippen LogP contribution in [-0.2, 0) is 4.79 Å². The predicted molar refractivity (Wildman–Crippen MR) is 80.7 cm³/mol. The van der Waals surface area contributed by atoms with Crippen molar-refractivity contribution in [2.24, 2.45) is 20.3 Å². The number of carbonyl (C=O) groups excluding carboxylic acids is 1. The van der Waals surface area contributed by atoms with Gasteiger partial charge >= 0.3 is 0 Å². The molecule has 0 aliphatic heterocycles. The summed E-state index contributed by atoms with van der Waals surface area (Å²) in [6.07, 6.45) is 1.39. The van der Waals surface area contributed by atoms with E-state index in [1.54, 1.807) is 0 Å². The Labute approximate surface area is 132 Å². The third kappa shape index (κ3) is 4.01. The third-order valence-electron chi connectivity index (χ3n) is 2.38. The molecule has 0 heterocycles. The number of guanidine groups is 1. The second-order valence-corrected chi connectivity index (χ2v) is 4.78. The van der Waals surface area contributed by atoms with Gasteiger partial charge in [0.1, 0.15) is 11.0 Å². The summed E-state index contributed by atoms with van der Waals surface area (Å²) in [4.78, 5) is 17.7. The Bertz CT molecular complexity index is 684. The number of nitrogens with zero attached hydrogens (tertiary/aromatic N) is 4. The van der Waals surface area contributed by atoms with Gasteiger partial charge in [0.2, 0.25) is 12.0 Å². The smallest absolute Gasteiger partial charge is 0.245 e. The third-order valence-corrected chi connectivity index (χ3v) is 3.26. The second-order valence-electron chi connectivity index (χ2n) is 3.57. The summed E-state index contributed by atoms with van der Waals surface area (Å²) in [7, 11) is 1.49. The van der Waals surface area contributed by atoms with Crippen LogP contribution in [0.2, 0.25) is 0 Å². The highest BCUT2D eigenvalue weighted by atomic mass is 79.9. The second kappa shape index (κ2) is 7.72. The van der Waals surface area contributed by atoms with Crippen molar-refractivity contribution in [3.05, 3.63) is 27.5 Å². The lowest BCUT2D eigenvalue weighted by Crippen LogP contribution is -2.17. The van der Waals surface area contributed by atoms with E-state index in [0.29, 0.717) is 5.56 Å². The molecule has 0 aliphatic carbocycles. The first-order chi connectivity index (χ1) is 9.96. The van der Waals surface area contributed by atoms with E-state index in [2.05, 4.69) is 41.6 Å². The maximum absolute atomic E-state index is 14.1. The number of nitrogens with one attached hydrogen (secondary N) is 2. The lowest BCUT2D eigenvalue weighted by atomic mass is 10.1. The van der Waals surface area contributed by atoms with Gasteiger partial charge in [-0.2, -0.15) is 15.5 Å². The summed E-state index contributed by atoms with van der Waals surface area (Å²) in [5, 5.41) is 8.46. The molecule has 0 unspecified atom stereocenters. The summed E-state index contributed by atoms with van der Waals surface area (Å²) >= 11 is 9.08. The van der Waals surface area contributed by atoms with E-state index in [4.69, 9.17) is 17.1 Å². The Morgan fingerprint density at radius 1 is 1.57 bits per heavy atom. The van der Waals surface area contributed by atoms with Crippen LogP contribution in [0.4, 0.5) is 10.1 Å². The van der Waals surface area contributed by atoms with Crippen LogP contribution in [0, 0.1) is 18.3 Å². The van der Waals surface area contributed by atoms with Gasteiger partial charge in [0.05, 0.1) is 11.3 Å². The van der Waals surface area contributed by atoms with Crippen molar-refractivity contribution < 1.29 is 9.18 Å². The van der Waals surface area contributed by atoms with Crippen LogP contribution in [0.5, 0.6) is 0 Å². The van der Waals surface area contributed by atoms with Crippen LogP contribution in [0.3, 0.4) is 0 Å². The Hall–Kier alpha value is -1.96.